The lowest BCUT2D eigenvalue weighted by Gasteiger charge is -2.09. The van der Waals surface area contributed by atoms with Gasteiger partial charge in [-0.2, -0.15) is 16.8 Å². The van der Waals surface area contributed by atoms with Gasteiger partial charge in [-0.25, -0.2) is 8.78 Å². The second-order valence-corrected chi connectivity index (χ2v) is 7.79. The molecule has 2 rings (SSSR count). The third-order valence-corrected chi connectivity index (χ3v) is 5.57. The highest BCUT2D eigenvalue weighted by Gasteiger charge is 2.27. The van der Waals surface area contributed by atoms with Gasteiger partial charge in [-0.1, -0.05) is 12.1 Å². The molecular formula is C13H10F2O6S2. The summed E-state index contributed by atoms with van der Waals surface area (Å²) in [4.78, 5) is 0. The van der Waals surface area contributed by atoms with E-state index in [0.717, 1.165) is 36.4 Å². The predicted molar refractivity (Wildman–Crippen MR) is 76.8 cm³/mol. The summed E-state index contributed by atoms with van der Waals surface area (Å²) >= 11 is 0. The molecular weight excluding hydrogens is 354 g/mol. The van der Waals surface area contributed by atoms with Crippen LogP contribution in [0.2, 0.25) is 0 Å². The van der Waals surface area contributed by atoms with Gasteiger partial charge in [0.25, 0.3) is 0 Å². The third kappa shape index (κ3) is 5.18. The number of hydrogen-bond acceptors (Lipinski definition) is 6. The largest absolute Gasteiger partial charge is 0.382 e. The molecule has 2 aromatic rings. The zero-order valence-corrected chi connectivity index (χ0v) is 13.0. The van der Waals surface area contributed by atoms with Crippen LogP contribution < -0.4 is 8.37 Å². The highest BCUT2D eigenvalue weighted by atomic mass is 32.3. The molecule has 0 saturated carbocycles. The van der Waals surface area contributed by atoms with Crippen molar-refractivity contribution in [1.82, 2.24) is 0 Å². The maximum Gasteiger partial charge on any atom is 0.327 e. The summed E-state index contributed by atoms with van der Waals surface area (Å²) in [5, 5.41) is -1.54. The van der Waals surface area contributed by atoms with Crippen LogP contribution >= 0.6 is 0 Å². The van der Waals surface area contributed by atoms with Gasteiger partial charge in [0.15, 0.2) is 11.6 Å². The smallest absolute Gasteiger partial charge is 0.327 e. The average Bonchev–Trinajstić information content (AvgIpc) is 2.42. The summed E-state index contributed by atoms with van der Waals surface area (Å²) in [5.41, 5.74) is 0. The van der Waals surface area contributed by atoms with Crippen molar-refractivity contribution in [2.45, 2.75) is 0 Å². The molecule has 0 bridgehead atoms. The molecule has 0 saturated heterocycles. The zero-order valence-electron chi connectivity index (χ0n) is 11.3. The minimum absolute atomic E-state index is 0.271. The lowest BCUT2D eigenvalue weighted by atomic mass is 10.3. The Labute approximate surface area is 131 Å². The summed E-state index contributed by atoms with van der Waals surface area (Å²) < 4.78 is 81.8. The van der Waals surface area contributed by atoms with Crippen molar-refractivity contribution in [2.24, 2.45) is 0 Å². The van der Waals surface area contributed by atoms with E-state index in [2.05, 4.69) is 8.37 Å². The topological polar surface area (TPSA) is 86.7 Å². The Bertz CT molecular complexity index is 892. The molecule has 0 aromatic heterocycles. The van der Waals surface area contributed by atoms with Gasteiger partial charge in [0.2, 0.25) is 5.08 Å². The molecule has 124 valence electrons. The van der Waals surface area contributed by atoms with Crippen LogP contribution in [-0.4, -0.2) is 21.9 Å². The molecule has 0 radical (unpaired) electrons. The lowest BCUT2D eigenvalue weighted by molar-refractivity contribution is 0.458. The van der Waals surface area contributed by atoms with E-state index in [0.29, 0.717) is 0 Å². The van der Waals surface area contributed by atoms with Gasteiger partial charge in [-0.15, -0.1) is 0 Å². The van der Waals surface area contributed by atoms with Crippen molar-refractivity contribution in [3.05, 3.63) is 60.2 Å². The van der Waals surface area contributed by atoms with Gasteiger partial charge in [-0.3, -0.25) is 0 Å². The minimum atomic E-state index is -4.67. The monoisotopic (exact) mass is 364 g/mol. The van der Waals surface area contributed by atoms with Crippen molar-refractivity contribution in [3.63, 3.8) is 0 Å². The number of para-hydroxylation sites is 1. The van der Waals surface area contributed by atoms with Crippen molar-refractivity contribution < 1.29 is 34.0 Å². The molecule has 0 spiro atoms. The molecule has 0 atom stereocenters. The molecule has 10 heteroatoms. The molecule has 0 aliphatic heterocycles. The quantitative estimate of drug-likeness (QED) is 0.729. The van der Waals surface area contributed by atoms with E-state index in [9.17, 15) is 25.6 Å². The zero-order chi connectivity index (χ0) is 17.1. The Morgan fingerprint density at radius 2 is 1.35 bits per heavy atom. The van der Waals surface area contributed by atoms with Crippen LogP contribution in [-0.2, 0) is 20.2 Å². The van der Waals surface area contributed by atoms with Crippen molar-refractivity contribution in [1.29, 1.82) is 0 Å². The normalized spacial score (nSPS) is 11.9. The molecule has 0 heterocycles. The lowest BCUT2D eigenvalue weighted by Crippen LogP contribution is -2.25. The van der Waals surface area contributed by atoms with Crippen LogP contribution in [0.25, 0.3) is 0 Å². The first-order valence-corrected chi connectivity index (χ1v) is 9.17. The summed E-state index contributed by atoms with van der Waals surface area (Å²) in [6.45, 7) is 0. The maximum absolute atomic E-state index is 13.3. The number of halogens is 2. The maximum atomic E-state index is 13.3. The van der Waals surface area contributed by atoms with Gasteiger partial charge in [0, 0.05) is 0 Å². The Morgan fingerprint density at radius 1 is 0.783 bits per heavy atom. The van der Waals surface area contributed by atoms with Crippen molar-refractivity contribution >= 4 is 20.2 Å². The van der Waals surface area contributed by atoms with E-state index in [1.165, 1.54) is 12.1 Å². The minimum Gasteiger partial charge on any atom is -0.382 e. The fraction of sp³-hybridized carbons (Fsp3) is 0.0769. The SMILES string of the molecule is O=S(=O)(CS(=O)(=O)Oc1ccccc1F)Oc1ccc(F)cc1. The van der Waals surface area contributed by atoms with Gasteiger partial charge in [0.05, 0.1) is 0 Å². The van der Waals surface area contributed by atoms with E-state index in [4.69, 9.17) is 0 Å². The van der Waals surface area contributed by atoms with E-state index in [1.54, 1.807) is 0 Å². The van der Waals surface area contributed by atoms with Crippen LogP contribution in [0.4, 0.5) is 8.78 Å². The van der Waals surface area contributed by atoms with E-state index < -0.39 is 42.7 Å². The average molecular weight is 364 g/mol. The van der Waals surface area contributed by atoms with Crippen LogP contribution in [0.5, 0.6) is 11.5 Å². The summed E-state index contributed by atoms with van der Waals surface area (Å²) in [6, 6.07) is 8.51. The summed E-state index contributed by atoms with van der Waals surface area (Å²) in [6.07, 6.45) is 0. The fourth-order valence-electron chi connectivity index (χ4n) is 1.51. The molecule has 0 unspecified atom stereocenters. The van der Waals surface area contributed by atoms with Crippen LogP contribution in [0.1, 0.15) is 0 Å². The summed E-state index contributed by atoms with van der Waals surface area (Å²) in [7, 11) is -9.27. The molecule has 0 N–H and O–H groups in total. The number of benzene rings is 2. The summed E-state index contributed by atoms with van der Waals surface area (Å²) in [5.74, 6) is -2.49. The molecule has 0 aliphatic rings. The van der Waals surface area contributed by atoms with Crippen LogP contribution in [0.15, 0.2) is 48.5 Å². The highest BCUT2D eigenvalue weighted by Crippen LogP contribution is 2.19. The molecule has 0 aliphatic carbocycles. The number of rotatable bonds is 6. The van der Waals surface area contributed by atoms with E-state index in [-0.39, 0.29) is 5.75 Å². The molecule has 0 amide bonds. The molecule has 2 aromatic carbocycles. The Hall–Kier alpha value is -2.20. The Balaban J connectivity index is 2.12. The van der Waals surface area contributed by atoms with Crippen molar-refractivity contribution in [2.75, 3.05) is 5.08 Å². The van der Waals surface area contributed by atoms with Crippen LogP contribution in [0.3, 0.4) is 0 Å². The third-order valence-electron chi connectivity index (χ3n) is 2.38. The second-order valence-electron chi connectivity index (χ2n) is 4.28. The van der Waals surface area contributed by atoms with E-state index >= 15 is 0 Å². The predicted octanol–water partition coefficient (Wildman–Crippen LogP) is 2.04. The Kier molecular flexibility index (Phi) is 4.85. The van der Waals surface area contributed by atoms with Gasteiger partial charge >= 0.3 is 20.2 Å². The van der Waals surface area contributed by atoms with Gasteiger partial charge < -0.3 is 8.37 Å². The first-order valence-electron chi connectivity index (χ1n) is 6.01. The fourth-order valence-corrected chi connectivity index (χ4v) is 4.12. The molecule has 23 heavy (non-hydrogen) atoms. The first-order chi connectivity index (χ1) is 10.7. The number of hydrogen-bond donors (Lipinski definition) is 0. The first kappa shape index (κ1) is 17.2. The molecule has 6 nitrogen and oxygen atoms in total. The molecule has 0 fully saturated rings. The standard InChI is InChI=1S/C13H10F2O6S2/c14-10-5-7-11(8-6-10)20-22(16,17)9-23(18,19)21-13-4-2-1-3-12(13)15/h1-8H,9H2. The second kappa shape index (κ2) is 6.50. The van der Waals surface area contributed by atoms with Crippen LogP contribution in [0, 0.1) is 11.6 Å². The van der Waals surface area contributed by atoms with Crippen molar-refractivity contribution in [3.8, 4) is 11.5 Å². The van der Waals surface area contributed by atoms with Gasteiger partial charge in [-0.05, 0) is 36.4 Å². The van der Waals surface area contributed by atoms with E-state index in [1.807, 2.05) is 0 Å². The van der Waals surface area contributed by atoms with Gasteiger partial charge in [0.1, 0.15) is 11.6 Å². The Morgan fingerprint density at radius 3 is 1.96 bits per heavy atom. The highest BCUT2D eigenvalue weighted by molar-refractivity contribution is 8.04.